The summed E-state index contributed by atoms with van der Waals surface area (Å²) in [6.07, 6.45) is 1.62. The first-order chi connectivity index (χ1) is 17.7. The van der Waals surface area contributed by atoms with Crippen molar-refractivity contribution in [2.45, 2.75) is 70.6 Å². The Bertz CT molecular complexity index is 1100. The third-order valence-electron chi connectivity index (χ3n) is 6.99. The average Bonchev–Trinajstić information content (AvgIpc) is 3.68. The molecule has 1 N–H and O–H groups in total. The summed E-state index contributed by atoms with van der Waals surface area (Å²) in [6, 6.07) is 9.93. The summed E-state index contributed by atoms with van der Waals surface area (Å²) in [5.41, 5.74) is 1.34. The van der Waals surface area contributed by atoms with Crippen LogP contribution in [0.4, 0.5) is 24.5 Å². The topological polar surface area (TPSA) is 52.7 Å². The summed E-state index contributed by atoms with van der Waals surface area (Å²) in [4.78, 5) is 29.6. The highest BCUT2D eigenvalue weighted by molar-refractivity contribution is 6.33. The van der Waals surface area contributed by atoms with Crippen molar-refractivity contribution in [1.82, 2.24) is 4.90 Å². The summed E-state index contributed by atoms with van der Waals surface area (Å²) in [5, 5.41) is 3.37. The number of benzene rings is 2. The Kier molecular flexibility index (Phi) is 8.67. The second-order valence-electron chi connectivity index (χ2n) is 10.0. The fourth-order valence-corrected chi connectivity index (χ4v) is 5.13. The highest BCUT2D eigenvalue weighted by atomic mass is 35.5. The third-order valence-corrected chi connectivity index (χ3v) is 7.29. The summed E-state index contributed by atoms with van der Waals surface area (Å²) in [7, 11) is 0. The van der Waals surface area contributed by atoms with Crippen LogP contribution < -0.4 is 10.2 Å². The van der Waals surface area contributed by atoms with Crippen molar-refractivity contribution in [2.75, 3.05) is 23.3 Å². The zero-order chi connectivity index (χ0) is 26.6. The number of rotatable bonds is 9. The predicted octanol–water partition coefficient (Wildman–Crippen LogP) is 6.90. The monoisotopic (exact) mass is 535 g/mol. The minimum absolute atomic E-state index is 0.0641. The highest BCUT2D eigenvalue weighted by Gasteiger charge is 2.35. The lowest BCUT2D eigenvalue weighted by Gasteiger charge is -2.35. The Balaban J connectivity index is 1.43. The highest BCUT2D eigenvalue weighted by Crippen LogP contribution is 2.35. The lowest BCUT2D eigenvalue weighted by molar-refractivity contribution is -0.140. The summed E-state index contributed by atoms with van der Waals surface area (Å²) in [6.45, 7) is 3.69. The van der Waals surface area contributed by atoms with Crippen molar-refractivity contribution in [3.63, 3.8) is 0 Å². The molecule has 9 heteroatoms. The Morgan fingerprint density at radius 1 is 1.08 bits per heavy atom. The van der Waals surface area contributed by atoms with E-state index in [2.05, 4.69) is 5.32 Å². The number of piperidine rings is 1. The number of carbonyl (C=O) groups excluding carboxylic acids is 2. The van der Waals surface area contributed by atoms with Gasteiger partial charge in [-0.3, -0.25) is 9.59 Å². The molecule has 2 aromatic carbocycles. The maximum absolute atomic E-state index is 13.1. The van der Waals surface area contributed by atoms with Gasteiger partial charge in [-0.25, -0.2) is 0 Å². The van der Waals surface area contributed by atoms with Gasteiger partial charge >= 0.3 is 6.18 Å². The predicted molar refractivity (Wildman–Crippen MR) is 140 cm³/mol. The first-order valence-electron chi connectivity index (χ1n) is 13.0. The molecule has 0 unspecified atom stereocenters. The zero-order valence-electron chi connectivity index (χ0n) is 21.0. The van der Waals surface area contributed by atoms with Crippen LogP contribution in [0.15, 0.2) is 42.5 Å². The van der Waals surface area contributed by atoms with Gasteiger partial charge in [-0.2, -0.15) is 13.2 Å². The second kappa shape index (κ2) is 11.8. The van der Waals surface area contributed by atoms with E-state index in [-0.39, 0.29) is 11.8 Å². The minimum Gasteiger partial charge on any atom is -0.366 e. The Morgan fingerprint density at radius 3 is 2.43 bits per heavy atom. The molecule has 1 aliphatic carbocycles. The van der Waals surface area contributed by atoms with Crippen LogP contribution in [-0.4, -0.2) is 35.8 Å². The number of amides is 2. The molecule has 0 bridgehead atoms. The van der Waals surface area contributed by atoms with Crippen LogP contribution >= 0.6 is 11.6 Å². The number of carbonyl (C=O) groups is 2. The molecule has 37 heavy (non-hydrogen) atoms. The van der Waals surface area contributed by atoms with Crippen LogP contribution in [0.5, 0.6) is 0 Å². The van der Waals surface area contributed by atoms with Gasteiger partial charge in [0.1, 0.15) is 6.04 Å². The number of hydrogen-bond donors (Lipinski definition) is 1. The standard InChI is InChI=1S/C28H33ClF3N3O2/c1-2-14-34(18-20-8-10-21(11-9-20)28(30,31)32)24-13-12-22(17-23(24)29)33-27(37)25-5-3-4-15-35(25)26(36)16-19-6-7-19/h8-13,17,19,25H,2-7,14-16,18H2,1H3,(H,33,37)/t25-/m1/s1. The van der Waals surface area contributed by atoms with Gasteiger partial charge in [0.2, 0.25) is 11.8 Å². The first-order valence-corrected chi connectivity index (χ1v) is 13.3. The van der Waals surface area contributed by atoms with Gasteiger partial charge in [0.05, 0.1) is 16.3 Å². The molecule has 4 rings (SSSR count). The second-order valence-corrected chi connectivity index (χ2v) is 10.4. The molecule has 1 saturated heterocycles. The van der Waals surface area contributed by atoms with Crippen molar-refractivity contribution < 1.29 is 22.8 Å². The van der Waals surface area contributed by atoms with Crippen molar-refractivity contribution in [3.8, 4) is 0 Å². The van der Waals surface area contributed by atoms with E-state index in [0.717, 1.165) is 55.5 Å². The molecule has 200 valence electrons. The molecule has 5 nitrogen and oxygen atoms in total. The number of halogens is 4. The van der Waals surface area contributed by atoms with Crippen molar-refractivity contribution in [2.24, 2.45) is 5.92 Å². The van der Waals surface area contributed by atoms with Gasteiger partial charge in [-0.15, -0.1) is 0 Å². The van der Waals surface area contributed by atoms with E-state index in [1.807, 2.05) is 17.9 Å². The van der Waals surface area contributed by atoms with Crippen LogP contribution in [0.1, 0.15) is 63.0 Å². The molecular weight excluding hydrogens is 503 g/mol. The van der Waals surface area contributed by atoms with Crippen molar-refractivity contribution in [3.05, 3.63) is 58.6 Å². The van der Waals surface area contributed by atoms with Crippen LogP contribution in [0.2, 0.25) is 5.02 Å². The number of anilines is 2. The molecule has 2 amide bonds. The van der Waals surface area contributed by atoms with Crippen LogP contribution in [0, 0.1) is 5.92 Å². The third kappa shape index (κ3) is 7.18. The molecule has 0 spiro atoms. The molecule has 1 heterocycles. The van der Waals surface area contributed by atoms with Crippen molar-refractivity contribution >= 4 is 34.8 Å². The number of likely N-dealkylation sites (tertiary alicyclic amines) is 1. The molecule has 2 aliphatic rings. The summed E-state index contributed by atoms with van der Waals surface area (Å²) < 4.78 is 38.7. The molecule has 1 atom stereocenters. The number of alkyl halides is 3. The lowest BCUT2D eigenvalue weighted by atomic mass is 10.00. The van der Waals surface area contributed by atoms with Crippen LogP contribution in [-0.2, 0) is 22.3 Å². The van der Waals surface area contributed by atoms with Gasteiger partial charge < -0.3 is 15.1 Å². The Labute approximate surface area is 221 Å². The van der Waals surface area contributed by atoms with E-state index < -0.39 is 17.8 Å². The molecular formula is C28H33ClF3N3O2. The maximum atomic E-state index is 13.1. The Morgan fingerprint density at radius 2 is 1.81 bits per heavy atom. The smallest absolute Gasteiger partial charge is 0.366 e. The largest absolute Gasteiger partial charge is 0.416 e. The zero-order valence-corrected chi connectivity index (χ0v) is 21.7. The van der Waals surface area contributed by atoms with E-state index in [4.69, 9.17) is 11.6 Å². The molecule has 1 saturated carbocycles. The maximum Gasteiger partial charge on any atom is 0.416 e. The van der Waals surface area contributed by atoms with Gasteiger partial charge in [0.25, 0.3) is 0 Å². The van der Waals surface area contributed by atoms with Crippen molar-refractivity contribution in [1.29, 1.82) is 0 Å². The molecule has 2 fully saturated rings. The molecule has 0 aromatic heterocycles. The van der Waals surface area contributed by atoms with Gasteiger partial charge in [0.15, 0.2) is 0 Å². The SMILES string of the molecule is CCCN(Cc1ccc(C(F)(F)F)cc1)c1ccc(NC(=O)[C@H]2CCCCN2C(=O)CC2CC2)cc1Cl. The van der Waals surface area contributed by atoms with Gasteiger partial charge in [-0.05, 0) is 80.3 Å². The van der Waals surface area contributed by atoms with Gasteiger partial charge in [-0.1, -0.05) is 30.7 Å². The molecule has 2 aromatic rings. The summed E-state index contributed by atoms with van der Waals surface area (Å²) in [5.74, 6) is 0.329. The van der Waals surface area contributed by atoms with E-state index in [1.54, 1.807) is 17.0 Å². The van der Waals surface area contributed by atoms with E-state index >= 15 is 0 Å². The number of hydrogen-bond acceptors (Lipinski definition) is 3. The normalized spacial score (nSPS) is 18.0. The van der Waals surface area contributed by atoms with Gasteiger partial charge in [0, 0.05) is 31.7 Å². The Hall–Kier alpha value is -2.74. The fraction of sp³-hybridized carbons (Fsp3) is 0.500. The lowest BCUT2D eigenvalue weighted by Crippen LogP contribution is -2.50. The minimum atomic E-state index is -4.37. The van der Waals surface area contributed by atoms with Crippen LogP contribution in [0.25, 0.3) is 0 Å². The molecule has 1 aliphatic heterocycles. The van der Waals surface area contributed by atoms with E-state index in [1.165, 1.54) is 12.1 Å². The number of nitrogens with one attached hydrogen (secondary N) is 1. The average molecular weight is 536 g/mol. The number of nitrogens with zero attached hydrogens (tertiary/aromatic N) is 2. The van der Waals surface area contributed by atoms with Crippen LogP contribution in [0.3, 0.4) is 0 Å². The first kappa shape index (κ1) is 27.3. The van der Waals surface area contributed by atoms with E-state index in [0.29, 0.717) is 49.1 Å². The van der Waals surface area contributed by atoms with E-state index in [9.17, 15) is 22.8 Å². The quantitative estimate of drug-likeness (QED) is 0.380. The fourth-order valence-electron chi connectivity index (χ4n) is 4.83. The molecule has 0 radical (unpaired) electrons. The summed E-state index contributed by atoms with van der Waals surface area (Å²) >= 11 is 6.62.